The van der Waals surface area contributed by atoms with Crippen LogP contribution in [0.25, 0.3) is 47.6 Å². The van der Waals surface area contributed by atoms with E-state index in [0.717, 1.165) is 50.4 Å². The van der Waals surface area contributed by atoms with Crippen molar-refractivity contribution < 1.29 is 0 Å². The van der Waals surface area contributed by atoms with Crippen molar-refractivity contribution in [2.24, 2.45) is 0 Å². The third-order valence-electron chi connectivity index (χ3n) is 11.8. The normalized spacial score (nSPS) is 11.4. The van der Waals surface area contributed by atoms with Gasteiger partial charge in [-0.15, -0.1) is 0 Å². The highest BCUT2D eigenvalue weighted by Gasteiger charge is 2.12. The van der Waals surface area contributed by atoms with Crippen molar-refractivity contribution in [1.29, 1.82) is 0 Å². The molecule has 0 aliphatic carbocycles. The van der Waals surface area contributed by atoms with Gasteiger partial charge < -0.3 is 4.90 Å². The highest BCUT2D eigenvalue weighted by atomic mass is 15.1. The van der Waals surface area contributed by atoms with Gasteiger partial charge in [-0.25, -0.2) is 0 Å². The van der Waals surface area contributed by atoms with Crippen LogP contribution in [0.2, 0.25) is 0 Å². The Morgan fingerprint density at radius 2 is 0.500 bits per heavy atom. The molecule has 0 spiro atoms. The number of hydrogen-bond donors (Lipinski definition) is 0. The first-order valence-electron chi connectivity index (χ1n) is 23.2. The first-order chi connectivity index (χ1) is 33.6. The molecule has 0 aliphatic heterocycles. The molecule has 326 valence electrons. The third kappa shape index (κ3) is 11.9. The molecule has 0 heterocycles. The Kier molecular flexibility index (Phi) is 14.6. The van der Waals surface area contributed by atoms with E-state index in [1.165, 1.54) is 39.0 Å². The number of anilines is 3. The molecule has 0 aliphatic rings. The summed E-state index contributed by atoms with van der Waals surface area (Å²) in [6.07, 6.45) is 21.7. The minimum Gasteiger partial charge on any atom is -0.311 e. The molecular weight excluding hydrogens is 819 g/mol. The lowest BCUT2D eigenvalue weighted by Gasteiger charge is -2.26. The number of rotatable bonds is 15. The summed E-state index contributed by atoms with van der Waals surface area (Å²) in [7, 11) is 0. The summed E-state index contributed by atoms with van der Waals surface area (Å²) >= 11 is 0. The number of hydrogen-bond acceptors (Lipinski definition) is 1. The molecule has 0 amide bonds. The minimum absolute atomic E-state index is 1.10. The number of allylic oxidation sites excluding steroid dienone is 4. The number of benzene rings is 9. The highest BCUT2D eigenvalue weighted by Crippen LogP contribution is 2.35. The second kappa shape index (κ2) is 22.4. The lowest BCUT2D eigenvalue weighted by molar-refractivity contribution is 1.27. The molecule has 0 atom stereocenters. The second-order valence-electron chi connectivity index (χ2n) is 16.7. The van der Waals surface area contributed by atoms with E-state index in [2.05, 4.69) is 315 Å². The Morgan fingerprint density at radius 1 is 0.265 bits per heavy atom. The van der Waals surface area contributed by atoms with Crippen LogP contribution in [0.15, 0.2) is 267 Å². The lowest BCUT2D eigenvalue weighted by Crippen LogP contribution is -2.09. The van der Waals surface area contributed by atoms with Gasteiger partial charge in [-0.3, -0.25) is 0 Å². The molecule has 1 nitrogen and oxygen atoms in total. The predicted molar refractivity (Wildman–Crippen MR) is 295 cm³/mol. The summed E-state index contributed by atoms with van der Waals surface area (Å²) in [5.74, 6) is 0. The van der Waals surface area contributed by atoms with Gasteiger partial charge in [0.05, 0.1) is 0 Å². The Morgan fingerprint density at radius 3 is 0.779 bits per heavy atom. The quantitative estimate of drug-likeness (QED) is 0.0733. The predicted octanol–water partition coefficient (Wildman–Crippen LogP) is 18.1. The van der Waals surface area contributed by atoms with Crippen LogP contribution in [0.1, 0.15) is 61.2 Å². The average molecular weight is 872 g/mol. The van der Waals surface area contributed by atoms with Crippen molar-refractivity contribution in [3.8, 4) is 0 Å². The third-order valence-corrected chi connectivity index (χ3v) is 11.8. The molecule has 0 N–H and O–H groups in total. The molecule has 0 aromatic heterocycles. The van der Waals surface area contributed by atoms with Crippen LogP contribution in [-0.2, 0) is 0 Å². The van der Waals surface area contributed by atoms with E-state index in [0.29, 0.717) is 0 Å². The van der Waals surface area contributed by atoms with Crippen LogP contribution in [0.5, 0.6) is 0 Å². The maximum Gasteiger partial charge on any atom is 0.0462 e. The Balaban J connectivity index is 0.849. The Labute approximate surface area is 402 Å². The van der Waals surface area contributed by atoms with Gasteiger partial charge >= 0.3 is 0 Å². The summed E-state index contributed by atoms with van der Waals surface area (Å²) in [6.45, 7) is 2.13. The molecule has 0 saturated carbocycles. The summed E-state index contributed by atoms with van der Waals surface area (Å²) in [5.41, 5.74) is 18.7. The monoisotopic (exact) mass is 871 g/mol. The van der Waals surface area contributed by atoms with Crippen LogP contribution in [0.3, 0.4) is 0 Å². The summed E-state index contributed by atoms with van der Waals surface area (Å²) < 4.78 is 0. The summed E-state index contributed by atoms with van der Waals surface area (Å²) in [5, 5.41) is 0. The largest absolute Gasteiger partial charge is 0.311 e. The molecule has 1 heteroatoms. The van der Waals surface area contributed by atoms with E-state index in [-0.39, 0.29) is 0 Å². The Bertz CT molecular complexity index is 2890. The molecule has 68 heavy (non-hydrogen) atoms. The van der Waals surface area contributed by atoms with Crippen LogP contribution < -0.4 is 4.90 Å². The maximum absolute atomic E-state index is 2.31. The van der Waals surface area contributed by atoms with Gasteiger partial charge in [-0.05, 0) is 110 Å². The van der Waals surface area contributed by atoms with Gasteiger partial charge in [0.25, 0.3) is 0 Å². The molecule has 0 saturated heterocycles. The van der Waals surface area contributed by atoms with Crippen molar-refractivity contribution in [2.45, 2.75) is 6.92 Å². The SMILES string of the molecule is Cc1ccc(N(c2ccc(C=Cc3ccc(C=CC=C(c4ccccc4)c4ccccc4)cc3)cc2)c2ccc(C=Cc3ccc(C=CC=C(c4ccccc4)c4ccccc4)cc3)cc2)cc1. The van der Waals surface area contributed by atoms with Gasteiger partial charge in [0, 0.05) is 17.1 Å². The molecule has 9 rings (SSSR count). The van der Waals surface area contributed by atoms with Crippen molar-refractivity contribution >= 4 is 64.7 Å². The van der Waals surface area contributed by atoms with Gasteiger partial charge in [0.1, 0.15) is 0 Å². The van der Waals surface area contributed by atoms with Crippen molar-refractivity contribution in [2.75, 3.05) is 4.90 Å². The van der Waals surface area contributed by atoms with E-state index in [1.807, 2.05) is 0 Å². The van der Waals surface area contributed by atoms with Crippen molar-refractivity contribution in [3.05, 3.63) is 328 Å². The fraction of sp³-hybridized carbons (Fsp3) is 0.0149. The highest BCUT2D eigenvalue weighted by molar-refractivity contribution is 5.83. The maximum atomic E-state index is 2.31. The van der Waals surface area contributed by atoms with Gasteiger partial charge in [-0.2, -0.15) is 0 Å². The van der Waals surface area contributed by atoms with Crippen molar-refractivity contribution in [3.63, 3.8) is 0 Å². The lowest BCUT2D eigenvalue weighted by atomic mass is 9.97. The summed E-state index contributed by atoms with van der Waals surface area (Å²) in [6, 6.07) is 85.9. The first-order valence-corrected chi connectivity index (χ1v) is 23.2. The van der Waals surface area contributed by atoms with E-state index >= 15 is 0 Å². The summed E-state index contributed by atoms with van der Waals surface area (Å²) in [4.78, 5) is 2.31. The van der Waals surface area contributed by atoms with E-state index < -0.39 is 0 Å². The van der Waals surface area contributed by atoms with E-state index in [4.69, 9.17) is 0 Å². The van der Waals surface area contributed by atoms with Crippen LogP contribution in [0, 0.1) is 6.92 Å². The topological polar surface area (TPSA) is 3.24 Å². The zero-order valence-electron chi connectivity index (χ0n) is 38.3. The molecule has 0 fully saturated rings. The van der Waals surface area contributed by atoms with Gasteiger partial charge in [0.15, 0.2) is 0 Å². The molecule has 0 radical (unpaired) electrons. The fourth-order valence-electron chi connectivity index (χ4n) is 8.13. The average Bonchev–Trinajstić information content (AvgIpc) is 3.41. The molecular formula is C67H53N. The number of nitrogens with zero attached hydrogens (tertiary/aromatic N) is 1. The van der Waals surface area contributed by atoms with Gasteiger partial charge in [0.2, 0.25) is 0 Å². The van der Waals surface area contributed by atoms with Crippen LogP contribution >= 0.6 is 0 Å². The zero-order chi connectivity index (χ0) is 46.2. The molecule has 0 unspecified atom stereocenters. The zero-order valence-corrected chi connectivity index (χ0v) is 38.3. The second-order valence-corrected chi connectivity index (χ2v) is 16.7. The smallest absolute Gasteiger partial charge is 0.0462 e. The van der Waals surface area contributed by atoms with Crippen LogP contribution in [0.4, 0.5) is 17.1 Å². The minimum atomic E-state index is 1.10. The van der Waals surface area contributed by atoms with Crippen LogP contribution in [-0.4, -0.2) is 0 Å². The first kappa shape index (κ1) is 44.4. The van der Waals surface area contributed by atoms with Crippen molar-refractivity contribution in [1.82, 2.24) is 0 Å². The molecule has 0 bridgehead atoms. The fourth-order valence-corrected chi connectivity index (χ4v) is 8.13. The van der Waals surface area contributed by atoms with E-state index in [1.54, 1.807) is 0 Å². The van der Waals surface area contributed by atoms with Gasteiger partial charge in [-0.1, -0.05) is 273 Å². The standard InChI is InChI=1S/C67H53N/c1-52-28-46-63(47-29-52)68(64-48-42-57(43-49-64)40-38-55-34-30-53(31-35-55)16-14-26-66(59-18-6-2-7-19-59)60-20-8-3-9-21-60)65-50-44-58(45-51-65)41-39-56-36-32-54(33-37-56)17-15-27-67(61-22-10-4-11-23-61)62-24-12-5-13-25-62/h2-51H,1H3. The molecule has 9 aromatic rings. The van der Waals surface area contributed by atoms with E-state index in [9.17, 15) is 0 Å². The Hall–Kier alpha value is -8.78. The molecule has 9 aromatic carbocycles. The number of aryl methyl sites for hydroxylation is 1.